The molecule has 1 aromatic carbocycles. The van der Waals surface area contributed by atoms with Gasteiger partial charge in [-0.05, 0) is 38.0 Å². The molecule has 1 aliphatic carbocycles. The first-order chi connectivity index (χ1) is 9.10. The SMILES string of the molecule is C[C@@H](CN)NC(=O)c1cccc(NC(=O)C2CC2)c1. The fraction of sp³-hybridized carbons (Fsp3) is 0.429. The molecule has 2 amide bonds. The molecule has 0 aliphatic heterocycles. The van der Waals surface area contributed by atoms with Crippen molar-refractivity contribution in [2.45, 2.75) is 25.8 Å². The maximum absolute atomic E-state index is 11.9. The van der Waals surface area contributed by atoms with E-state index >= 15 is 0 Å². The van der Waals surface area contributed by atoms with E-state index in [0.29, 0.717) is 17.8 Å². The van der Waals surface area contributed by atoms with Crippen molar-refractivity contribution >= 4 is 17.5 Å². The molecule has 0 radical (unpaired) electrons. The largest absolute Gasteiger partial charge is 0.348 e. The standard InChI is InChI=1S/C14H19N3O2/c1-9(8-15)16-14(19)11-3-2-4-12(7-11)17-13(18)10-5-6-10/h2-4,7,9-10H,5-6,8,15H2,1H3,(H,16,19)(H,17,18)/t9-/m0/s1. The molecule has 19 heavy (non-hydrogen) atoms. The highest BCUT2D eigenvalue weighted by Gasteiger charge is 2.29. The van der Waals surface area contributed by atoms with E-state index in [0.717, 1.165) is 12.8 Å². The summed E-state index contributed by atoms with van der Waals surface area (Å²) in [6.07, 6.45) is 1.92. The Balaban J connectivity index is 2.01. The molecule has 4 N–H and O–H groups in total. The molecule has 1 atom stereocenters. The van der Waals surface area contributed by atoms with Crippen molar-refractivity contribution in [3.05, 3.63) is 29.8 Å². The van der Waals surface area contributed by atoms with Gasteiger partial charge in [-0.2, -0.15) is 0 Å². The second kappa shape index (κ2) is 5.84. The summed E-state index contributed by atoms with van der Waals surface area (Å²) in [5.74, 6) is 0.00287. The number of amides is 2. The number of carbonyl (C=O) groups excluding carboxylic acids is 2. The molecule has 5 nitrogen and oxygen atoms in total. The van der Waals surface area contributed by atoms with Crippen LogP contribution in [0.1, 0.15) is 30.1 Å². The number of rotatable bonds is 5. The molecule has 0 bridgehead atoms. The Labute approximate surface area is 112 Å². The van der Waals surface area contributed by atoms with Crippen LogP contribution in [0.25, 0.3) is 0 Å². The molecule has 0 unspecified atom stereocenters. The lowest BCUT2D eigenvalue weighted by molar-refractivity contribution is -0.117. The zero-order valence-corrected chi connectivity index (χ0v) is 11.0. The summed E-state index contributed by atoms with van der Waals surface area (Å²) in [6, 6.07) is 6.86. The van der Waals surface area contributed by atoms with E-state index in [1.54, 1.807) is 24.3 Å². The van der Waals surface area contributed by atoms with Crippen molar-refractivity contribution in [3.63, 3.8) is 0 Å². The number of hydrogen-bond donors (Lipinski definition) is 3. The van der Waals surface area contributed by atoms with Gasteiger partial charge >= 0.3 is 0 Å². The molecule has 102 valence electrons. The predicted octanol–water partition coefficient (Wildman–Crippen LogP) is 1.11. The molecule has 0 saturated heterocycles. The monoisotopic (exact) mass is 261 g/mol. The van der Waals surface area contributed by atoms with Crippen molar-refractivity contribution in [1.82, 2.24) is 5.32 Å². The average Bonchev–Trinajstić information content (AvgIpc) is 3.23. The van der Waals surface area contributed by atoms with Gasteiger partial charge in [-0.3, -0.25) is 9.59 Å². The van der Waals surface area contributed by atoms with Crippen LogP contribution in [0.4, 0.5) is 5.69 Å². The Hall–Kier alpha value is -1.88. The maximum Gasteiger partial charge on any atom is 0.251 e. The summed E-state index contributed by atoms with van der Waals surface area (Å²) in [5.41, 5.74) is 6.64. The van der Waals surface area contributed by atoms with Crippen LogP contribution in [0.5, 0.6) is 0 Å². The molecular weight excluding hydrogens is 242 g/mol. The Kier molecular flexibility index (Phi) is 4.16. The van der Waals surface area contributed by atoms with Gasteiger partial charge in [0.1, 0.15) is 0 Å². The van der Waals surface area contributed by atoms with Gasteiger partial charge < -0.3 is 16.4 Å². The molecule has 1 saturated carbocycles. The third-order valence-corrected chi connectivity index (χ3v) is 3.07. The number of nitrogens with one attached hydrogen (secondary N) is 2. The fourth-order valence-electron chi connectivity index (χ4n) is 1.69. The predicted molar refractivity (Wildman–Crippen MR) is 73.8 cm³/mol. The average molecular weight is 261 g/mol. The second-order valence-corrected chi connectivity index (χ2v) is 4.95. The van der Waals surface area contributed by atoms with Gasteiger partial charge in [-0.25, -0.2) is 0 Å². The lowest BCUT2D eigenvalue weighted by atomic mass is 10.1. The van der Waals surface area contributed by atoms with E-state index in [1.807, 2.05) is 6.92 Å². The number of nitrogens with two attached hydrogens (primary N) is 1. The topological polar surface area (TPSA) is 84.2 Å². The van der Waals surface area contributed by atoms with Gasteiger partial charge in [-0.1, -0.05) is 6.07 Å². The summed E-state index contributed by atoms with van der Waals surface area (Å²) in [4.78, 5) is 23.6. The summed E-state index contributed by atoms with van der Waals surface area (Å²) in [6.45, 7) is 2.24. The highest BCUT2D eigenvalue weighted by atomic mass is 16.2. The van der Waals surface area contributed by atoms with E-state index in [1.165, 1.54) is 0 Å². The third kappa shape index (κ3) is 3.79. The maximum atomic E-state index is 11.9. The quantitative estimate of drug-likeness (QED) is 0.742. The fourth-order valence-corrected chi connectivity index (χ4v) is 1.69. The van der Waals surface area contributed by atoms with E-state index < -0.39 is 0 Å². The van der Waals surface area contributed by atoms with E-state index in [2.05, 4.69) is 10.6 Å². The van der Waals surface area contributed by atoms with Gasteiger partial charge in [0, 0.05) is 29.8 Å². The number of hydrogen-bond acceptors (Lipinski definition) is 3. The number of carbonyl (C=O) groups is 2. The highest BCUT2D eigenvalue weighted by molar-refractivity contribution is 5.98. The zero-order valence-electron chi connectivity index (χ0n) is 11.0. The van der Waals surface area contributed by atoms with Crippen LogP contribution in [0.15, 0.2) is 24.3 Å². The Morgan fingerprint density at radius 3 is 2.79 bits per heavy atom. The van der Waals surface area contributed by atoms with Crippen LogP contribution in [0, 0.1) is 5.92 Å². The van der Waals surface area contributed by atoms with Gasteiger partial charge in [0.05, 0.1) is 0 Å². The molecule has 1 fully saturated rings. The van der Waals surface area contributed by atoms with Gasteiger partial charge in [-0.15, -0.1) is 0 Å². The van der Waals surface area contributed by atoms with Gasteiger partial charge in [0.2, 0.25) is 5.91 Å². The van der Waals surface area contributed by atoms with Crippen molar-refractivity contribution in [3.8, 4) is 0 Å². The summed E-state index contributed by atoms with van der Waals surface area (Å²) < 4.78 is 0. The third-order valence-electron chi connectivity index (χ3n) is 3.07. The summed E-state index contributed by atoms with van der Waals surface area (Å²) >= 11 is 0. The molecule has 1 aliphatic rings. The minimum atomic E-state index is -0.180. The molecule has 2 rings (SSSR count). The van der Waals surface area contributed by atoms with Crippen LogP contribution in [0.3, 0.4) is 0 Å². The minimum absolute atomic E-state index is 0.0351. The van der Waals surface area contributed by atoms with Gasteiger partial charge in [0.25, 0.3) is 5.91 Å². The molecule has 1 aromatic rings. The lowest BCUT2D eigenvalue weighted by Gasteiger charge is -2.12. The molecular formula is C14H19N3O2. The van der Waals surface area contributed by atoms with Crippen LogP contribution in [-0.4, -0.2) is 24.4 Å². The van der Waals surface area contributed by atoms with Crippen molar-refractivity contribution < 1.29 is 9.59 Å². The number of benzene rings is 1. The second-order valence-electron chi connectivity index (χ2n) is 4.95. The van der Waals surface area contributed by atoms with Crippen LogP contribution >= 0.6 is 0 Å². The number of anilines is 1. The molecule has 0 heterocycles. The van der Waals surface area contributed by atoms with Crippen LogP contribution in [-0.2, 0) is 4.79 Å². The van der Waals surface area contributed by atoms with E-state index in [4.69, 9.17) is 5.73 Å². The van der Waals surface area contributed by atoms with Crippen molar-refractivity contribution in [2.75, 3.05) is 11.9 Å². The van der Waals surface area contributed by atoms with E-state index in [-0.39, 0.29) is 23.8 Å². The van der Waals surface area contributed by atoms with E-state index in [9.17, 15) is 9.59 Å². The Morgan fingerprint density at radius 1 is 1.42 bits per heavy atom. The Bertz CT molecular complexity index is 483. The normalized spacial score (nSPS) is 15.7. The zero-order chi connectivity index (χ0) is 13.8. The smallest absolute Gasteiger partial charge is 0.251 e. The summed E-state index contributed by atoms with van der Waals surface area (Å²) in [7, 11) is 0. The molecule has 5 heteroatoms. The lowest BCUT2D eigenvalue weighted by Crippen LogP contribution is -2.37. The Morgan fingerprint density at radius 2 is 2.16 bits per heavy atom. The van der Waals surface area contributed by atoms with Crippen molar-refractivity contribution in [2.24, 2.45) is 11.7 Å². The highest BCUT2D eigenvalue weighted by Crippen LogP contribution is 2.30. The molecule has 0 spiro atoms. The van der Waals surface area contributed by atoms with Crippen LogP contribution < -0.4 is 16.4 Å². The first-order valence-electron chi connectivity index (χ1n) is 6.52. The van der Waals surface area contributed by atoms with Gasteiger partial charge in [0.15, 0.2) is 0 Å². The first-order valence-corrected chi connectivity index (χ1v) is 6.52. The van der Waals surface area contributed by atoms with Crippen molar-refractivity contribution in [1.29, 1.82) is 0 Å². The minimum Gasteiger partial charge on any atom is -0.348 e. The first kappa shape index (κ1) is 13.5. The summed E-state index contributed by atoms with van der Waals surface area (Å²) in [5, 5.41) is 5.61. The molecule has 0 aromatic heterocycles. The van der Waals surface area contributed by atoms with Crippen LogP contribution in [0.2, 0.25) is 0 Å².